The van der Waals surface area contributed by atoms with Gasteiger partial charge < -0.3 is 5.32 Å². The number of carbonyl (C=O) groups is 1. The lowest BCUT2D eigenvalue weighted by Gasteiger charge is -2.24. The number of anilines is 2. The molecule has 4 aromatic carbocycles. The molecule has 0 bridgehead atoms. The summed E-state index contributed by atoms with van der Waals surface area (Å²) in [7, 11) is -4.18. The lowest BCUT2D eigenvalue weighted by atomic mass is 10.1. The Morgan fingerprint density at radius 2 is 1.55 bits per heavy atom. The van der Waals surface area contributed by atoms with Crippen molar-refractivity contribution < 1.29 is 18.1 Å². The lowest BCUT2D eigenvalue weighted by Crippen LogP contribution is -2.38. The molecule has 0 saturated heterocycles. The van der Waals surface area contributed by atoms with Crippen LogP contribution in [0.3, 0.4) is 0 Å². The highest BCUT2D eigenvalue weighted by Crippen LogP contribution is 2.28. The fraction of sp³-hybridized carbons (Fsp3) is 0.0417. The molecule has 0 aliphatic rings. The van der Waals surface area contributed by atoms with Gasteiger partial charge in [-0.15, -0.1) is 0 Å². The summed E-state index contributed by atoms with van der Waals surface area (Å²) in [6.45, 7) is -0.568. The fourth-order valence-corrected chi connectivity index (χ4v) is 4.88. The summed E-state index contributed by atoms with van der Waals surface area (Å²) >= 11 is 0. The van der Waals surface area contributed by atoms with Gasteiger partial charge in [0, 0.05) is 23.2 Å². The van der Waals surface area contributed by atoms with Crippen molar-refractivity contribution in [2.75, 3.05) is 16.2 Å². The Hall–Kier alpha value is -4.24. The number of fused-ring (bicyclic) bond motifs is 1. The molecule has 9 heteroatoms. The highest BCUT2D eigenvalue weighted by molar-refractivity contribution is 7.92. The van der Waals surface area contributed by atoms with Crippen LogP contribution in [0.2, 0.25) is 0 Å². The highest BCUT2D eigenvalue weighted by Gasteiger charge is 2.28. The molecule has 0 aliphatic heterocycles. The van der Waals surface area contributed by atoms with Crippen LogP contribution in [0.5, 0.6) is 0 Å². The van der Waals surface area contributed by atoms with E-state index in [0.29, 0.717) is 5.69 Å². The number of nitrogens with zero attached hydrogens (tertiary/aromatic N) is 2. The number of non-ortho nitro benzene ring substituents is 1. The summed E-state index contributed by atoms with van der Waals surface area (Å²) in [4.78, 5) is 23.6. The van der Waals surface area contributed by atoms with Crippen molar-refractivity contribution >= 4 is 43.8 Å². The first-order chi connectivity index (χ1) is 15.9. The van der Waals surface area contributed by atoms with Crippen LogP contribution >= 0.6 is 0 Å². The molecule has 0 radical (unpaired) electrons. The zero-order valence-corrected chi connectivity index (χ0v) is 18.1. The van der Waals surface area contributed by atoms with Crippen molar-refractivity contribution in [1.29, 1.82) is 0 Å². The summed E-state index contributed by atoms with van der Waals surface area (Å²) in [5.41, 5.74) is 0.269. The number of sulfonamides is 1. The number of rotatable bonds is 7. The molecule has 0 unspecified atom stereocenters. The molecule has 4 rings (SSSR count). The Morgan fingerprint density at radius 3 is 2.30 bits per heavy atom. The minimum atomic E-state index is -4.18. The second-order valence-electron chi connectivity index (χ2n) is 7.18. The maximum Gasteiger partial charge on any atom is 0.271 e. The Bertz CT molecular complexity index is 1430. The third-order valence-corrected chi connectivity index (χ3v) is 6.80. The van der Waals surface area contributed by atoms with E-state index >= 15 is 0 Å². The molecule has 33 heavy (non-hydrogen) atoms. The van der Waals surface area contributed by atoms with Crippen molar-refractivity contribution in [3.63, 3.8) is 0 Å². The van der Waals surface area contributed by atoms with Gasteiger partial charge in [0.15, 0.2) is 0 Å². The Balaban J connectivity index is 1.71. The lowest BCUT2D eigenvalue weighted by molar-refractivity contribution is -0.384. The van der Waals surface area contributed by atoms with Gasteiger partial charge in [-0.05, 0) is 29.7 Å². The Morgan fingerprint density at radius 1 is 0.879 bits per heavy atom. The molecule has 0 fully saturated rings. The number of nitro groups is 1. The molecule has 1 N–H and O–H groups in total. The largest absolute Gasteiger partial charge is 0.324 e. The van der Waals surface area contributed by atoms with Crippen molar-refractivity contribution in [2.45, 2.75) is 4.90 Å². The number of nitro benzene ring substituents is 1. The van der Waals surface area contributed by atoms with E-state index in [2.05, 4.69) is 5.32 Å². The molecule has 0 saturated carbocycles. The third kappa shape index (κ3) is 4.68. The number of hydrogen-bond acceptors (Lipinski definition) is 5. The summed E-state index contributed by atoms with van der Waals surface area (Å²) in [5.74, 6) is -0.586. The summed E-state index contributed by atoms with van der Waals surface area (Å²) in [6.07, 6.45) is 0. The predicted octanol–water partition coefficient (Wildman–Crippen LogP) is 4.58. The van der Waals surface area contributed by atoms with Gasteiger partial charge in [-0.2, -0.15) is 0 Å². The first kappa shape index (κ1) is 22.0. The minimum Gasteiger partial charge on any atom is -0.324 e. The van der Waals surface area contributed by atoms with Crippen LogP contribution in [0, 0.1) is 10.1 Å². The number of amides is 1. The smallest absolute Gasteiger partial charge is 0.271 e. The van der Waals surface area contributed by atoms with E-state index in [9.17, 15) is 23.3 Å². The van der Waals surface area contributed by atoms with E-state index in [4.69, 9.17) is 0 Å². The molecule has 0 atom stereocenters. The van der Waals surface area contributed by atoms with Crippen molar-refractivity contribution in [2.24, 2.45) is 0 Å². The summed E-state index contributed by atoms with van der Waals surface area (Å²) in [5, 5.41) is 15.7. The normalized spacial score (nSPS) is 11.2. The molecule has 0 heterocycles. The van der Waals surface area contributed by atoms with Crippen LogP contribution < -0.4 is 9.62 Å². The fourth-order valence-electron chi connectivity index (χ4n) is 3.45. The molecular formula is C24H19N3O5S. The van der Waals surface area contributed by atoms with Gasteiger partial charge in [0.1, 0.15) is 6.54 Å². The van der Waals surface area contributed by atoms with Gasteiger partial charge in [-0.3, -0.25) is 19.2 Å². The van der Waals surface area contributed by atoms with Crippen molar-refractivity contribution in [3.05, 3.63) is 107 Å². The summed E-state index contributed by atoms with van der Waals surface area (Å²) < 4.78 is 27.7. The van der Waals surface area contributed by atoms with E-state index in [1.165, 1.54) is 30.3 Å². The molecule has 0 spiro atoms. The van der Waals surface area contributed by atoms with E-state index in [1.54, 1.807) is 30.3 Å². The topological polar surface area (TPSA) is 110 Å². The number of carbonyl (C=O) groups excluding carboxylic acids is 1. The second kappa shape index (κ2) is 9.09. The second-order valence-corrected chi connectivity index (χ2v) is 9.04. The summed E-state index contributed by atoms with van der Waals surface area (Å²) in [6, 6.07) is 25.7. The predicted molar refractivity (Wildman–Crippen MR) is 127 cm³/mol. The average Bonchev–Trinajstić information content (AvgIpc) is 2.83. The third-order valence-electron chi connectivity index (χ3n) is 5.01. The van der Waals surface area contributed by atoms with Crippen LogP contribution in [0.25, 0.3) is 10.8 Å². The van der Waals surface area contributed by atoms with E-state index in [0.717, 1.165) is 21.1 Å². The monoisotopic (exact) mass is 461 g/mol. The molecule has 4 aromatic rings. The van der Waals surface area contributed by atoms with Crippen molar-refractivity contribution in [3.8, 4) is 0 Å². The van der Waals surface area contributed by atoms with E-state index in [1.807, 2.05) is 30.3 Å². The van der Waals surface area contributed by atoms with Crippen LogP contribution in [-0.4, -0.2) is 25.8 Å². The van der Waals surface area contributed by atoms with Crippen LogP contribution in [0.1, 0.15) is 0 Å². The van der Waals surface area contributed by atoms with Gasteiger partial charge in [0.05, 0.1) is 15.5 Å². The van der Waals surface area contributed by atoms with Crippen molar-refractivity contribution in [1.82, 2.24) is 0 Å². The molecule has 1 amide bonds. The van der Waals surface area contributed by atoms with Gasteiger partial charge in [0.25, 0.3) is 15.7 Å². The Kier molecular flexibility index (Phi) is 6.05. The first-order valence-corrected chi connectivity index (χ1v) is 11.4. The highest BCUT2D eigenvalue weighted by atomic mass is 32.2. The molecule has 0 aliphatic carbocycles. The van der Waals surface area contributed by atoms with E-state index in [-0.39, 0.29) is 16.3 Å². The maximum absolute atomic E-state index is 13.4. The first-order valence-electron chi connectivity index (χ1n) is 9.96. The van der Waals surface area contributed by atoms with Gasteiger partial charge in [0.2, 0.25) is 5.91 Å². The molecule has 0 aromatic heterocycles. The Labute approximate surface area is 190 Å². The minimum absolute atomic E-state index is 0.0149. The zero-order valence-electron chi connectivity index (χ0n) is 17.3. The van der Waals surface area contributed by atoms with E-state index < -0.39 is 27.4 Å². The average molecular weight is 461 g/mol. The zero-order chi connectivity index (χ0) is 23.4. The standard InChI is InChI=1S/C24H19N3O5S/c28-24(25-23-15-6-9-18-8-4-5-14-22(18)23)17-26(19-10-7-11-20(16-19)27(29)30)33(31,32)21-12-2-1-3-13-21/h1-16H,17H2,(H,25,28). The molecular weight excluding hydrogens is 442 g/mol. The SMILES string of the molecule is O=C(CN(c1cccc([N+](=O)[O-])c1)S(=O)(=O)c1ccccc1)Nc1cccc2ccccc12. The molecule has 8 nitrogen and oxygen atoms in total. The number of hydrogen-bond donors (Lipinski definition) is 1. The number of benzene rings is 4. The molecule has 166 valence electrons. The van der Waals surface area contributed by atoms with Gasteiger partial charge in [-0.1, -0.05) is 60.7 Å². The van der Waals surface area contributed by atoms with Gasteiger partial charge >= 0.3 is 0 Å². The van der Waals surface area contributed by atoms with Gasteiger partial charge in [-0.25, -0.2) is 8.42 Å². The van der Waals surface area contributed by atoms with Crippen LogP contribution in [-0.2, 0) is 14.8 Å². The number of nitrogens with one attached hydrogen (secondary N) is 1. The maximum atomic E-state index is 13.4. The quantitative estimate of drug-likeness (QED) is 0.320. The van der Waals surface area contributed by atoms with Crippen LogP contribution in [0.15, 0.2) is 102 Å². The van der Waals surface area contributed by atoms with Crippen LogP contribution in [0.4, 0.5) is 17.1 Å².